The Labute approximate surface area is 198 Å². The smallest absolute Gasteiger partial charge is 0.196 e. The summed E-state index contributed by atoms with van der Waals surface area (Å²) >= 11 is 1.70. The van der Waals surface area contributed by atoms with Gasteiger partial charge in [0.1, 0.15) is 5.75 Å². The third kappa shape index (κ3) is 4.50. The molecule has 5 rings (SSSR count). The van der Waals surface area contributed by atoms with Gasteiger partial charge in [0.05, 0.1) is 6.61 Å². The van der Waals surface area contributed by atoms with E-state index in [1.165, 1.54) is 21.9 Å². The maximum absolute atomic E-state index is 5.64. The van der Waals surface area contributed by atoms with Crippen molar-refractivity contribution in [1.29, 1.82) is 0 Å². The molecule has 0 unspecified atom stereocenters. The topological polar surface area (TPSA) is 39.9 Å². The Morgan fingerprint density at radius 2 is 1.58 bits per heavy atom. The van der Waals surface area contributed by atoms with Gasteiger partial charge in [-0.2, -0.15) is 0 Å². The van der Waals surface area contributed by atoms with Crippen LogP contribution in [0.5, 0.6) is 5.75 Å². The van der Waals surface area contributed by atoms with E-state index in [2.05, 4.69) is 101 Å². The molecule has 0 N–H and O–H groups in total. The summed E-state index contributed by atoms with van der Waals surface area (Å²) in [5.74, 6) is 2.50. The average Bonchev–Trinajstić information content (AvgIpc) is 3.28. The predicted molar refractivity (Wildman–Crippen MR) is 136 cm³/mol. The van der Waals surface area contributed by atoms with Crippen molar-refractivity contribution in [2.75, 3.05) is 6.61 Å². The zero-order valence-electron chi connectivity index (χ0n) is 18.7. The van der Waals surface area contributed by atoms with Gasteiger partial charge in [0.25, 0.3) is 0 Å². The van der Waals surface area contributed by atoms with Crippen molar-refractivity contribution < 1.29 is 4.74 Å². The molecule has 0 radical (unpaired) electrons. The highest BCUT2D eigenvalue weighted by Gasteiger charge is 2.17. The first-order valence-corrected chi connectivity index (χ1v) is 12.1. The first-order chi connectivity index (χ1) is 16.2. The summed E-state index contributed by atoms with van der Waals surface area (Å²) in [5, 5.41) is 12.6. The van der Waals surface area contributed by atoms with Crippen LogP contribution in [0.2, 0.25) is 0 Å². The van der Waals surface area contributed by atoms with Crippen LogP contribution in [0, 0.1) is 6.92 Å². The standard InChI is InChI=1S/C28H25N3OS/c1-3-32-25-17-15-24(16-18-25)31-27(22-13-11-20(2)12-14-22)29-30-28(31)33-19-23-9-6-8-21-7-4-5-10-26(21)23/h4-18H,3,19H2,1-2H3. The van der Waals surface area contributed by atoms with E-state index < -0.39 is 0 Å². The number of fused-ring (bicyclic) bond motifs is 1. The van der Waals surface area contributed by atoms with Crippen molar-refractivity contribution in [2.45, 2.75) is 24.8 Å². The van der Waals surface area contributed by atoms with Crippen LogP contribution in [0.4, 0.5) is 0 Å². The van der Waals surface area contributed by atoms with Crippen LogP contribution in [-0.4, -0.2) is 21.4 Å². The van der Waals surface area contributed by atoms with Gasteiger partial charge in [-0.25, -0.2) is 0 Å². The van der Waals surface area contributed by atoms with Crippen LogP contribution in [-0.2, 0) is 5.75 Å². The second-order valence-electron chi connectivity index (χ2n) is 7.86. The summed E-state index contributed by atoms with van der Waals surface area (Å²) in [6.07, 6.45) is 0. The van der Waals surface area contributed by atoms with Gasteiger partial charge in [-0.15, -0.1) is 10.2 Å². The largest absolute Gasteiger partial charge is 0.494 e. The molecule has 0 spiro atoms. The zero-order valence-corrected chi connectivity index (χ0v) is 19.5. The molecule has 4 aromatic carbocycles. The maximum Gasteiger partial charge on any atom is 0.196 e. The molecule has 0 atom stereocenters. The van der Waals surface area contributed by atoms with Crippen LogP contribution < -0.4 is 4.74 Å². The second-order valence-corrected chi connectivity index (χ2v) is 8.80. The van der Waals surface area contributed by atoms with Gasteiger partial charge in [-0.1, -0.05) is 84.1 Å². The molecule has 1 aromatic heterocycles. The van der Waals surface area contributed by atoms with E-state index >= 15 is 0 Å². The molecule has 164 valence electrons. The van der Waals surface area contributed by atoms with Crippen molar-refractivity contribution in [3.8, 4) is 22.8 Å². The summed E-state index contributed by atoms with van der Waals surface area (Å²) < 4.78 is 7.77. The molecule has 0 aliphatic heterocycles. The average molecular weight is 452 g/mol. The van der Waals surface area contributed by atoms with Crippen molar-refractivity contribution in [3.63, 3.8) is 0 Å². The lowest BCUT2D eigenvalue weighted by Gasteiger charge is -2.12. The summed E-state index contributed by atoms with van der Waals surface area (Å²) in [5.41, 5.74) is 4.56. The molecule has 0 amide bonds. The molecule has 0 bridgehead atoms. The third-order valence-corrected chi connectivity index (χ3v) is 6.56. The van der Waals surface area contributed by atoms with E-state index in [4.69, 9.17) is 4.74 Å². The molecular weight excluding hydrogens is 426 g/mol. The lowest BCUT2D eigenvalue weighted by Crippen LogP contribution is -2.00. The van der Waals surface area contributed by atoms with E-state index in [1.54, 1.807) is 11.8 Å². The van der Waals surface area contributed by atoms with Crippen LogP contribution >= 0.6 is 11.8 Å². The van der Waals surface area contributed by atoms with E-state index in [0.29, 0.717) is 6.61 Å². The minimum absolute atomic E-state index is 0.646. The molecule has 1 heterocycles. The third-order valence-electron chi connectivity index (χ3n) is 5.59. The molecule has 0 saturated carbocycles. The Morgan fingerprint density at radius 1 is 0.818 bits per heavy atom. The lowest BCUT2D eigenvalue weighted by molar-refractivity contribution is 0.340. The SMILES string of the molecule is CCOc1ccc(-n2c(SCc3cccc4ccccc34)nnc2-c2ccc(C)cc2)cc1. The quantitative estimate of drug-likeness (QED) is 0.248. The molecule has 0 aliphatic carbocycles. The summed E-state index contributed by atoms with van der Waals surface area (Å²) in [6, 6.07) is 31.5. The Morgan fingerprint density at radius 3 is 2.36 bits per heavy atom. The number of thioether (sulfide) groups is 1. The van der Waals surface area contributed by atoms with Crippen molar-refractivity contribution in [2.24, 2.45) is 0 Å². The van der Waals surface area contributed by atoms with E-state index in [-0.39, 0.29) is 0 Å². The number of benzene rings is 4. The Kier molecular flexibility index (Phi) is 6.13. The highest BCUT2D eigenvalue weighted by atomic mass is 32.2. The number of ether oxygens (including phenoxy) is 1. The van der Waals surface area contributed by atoms with Gasteiger partial charge >= 0.3 is 0 Å². The zero-order chi connectivity index (χ0) is 22.6. The second kappa shape index (κ2) is 9.51. The normalized spacial score (nSPS) is 11.1. The molecule has 0 fully saturated rings. The van der Waals surface area contributed by atoms with Gasteiger partial charge < -0.3 is 4.74 Å². The Bertz CT molecular complexity index is 1370. The minimum Gasteiger partial charge on any atom is -0.494 e. The highest BCUT2D eigenvalue weighted by Crippen LogP contribution is 2.32. The monoisotopic (exact) mass is 451 g/mol. The molecule has 5 heteroatoms. The summed E-state index contributed by atoms with van der Waals surface area (Å²) in [4.78, 5) is 0. The predicted octanol–water partition coefficient (Wildman–Crippen LogP) is 7.09. The maximum atomic E-state index is 5.64. The number of aryl methyl sites for hydroxylation is 1. The van der Waals surface area contributed by atoms with E-state index in [0.717, 1.165) is 33.7 Å². The van der Waals surface area contributed by atoms with Crippen LogP contribution in [0.15, 0.2) is 96.2 Å². The number of nitrogens with zero attached hydrogens (tertiary/aromatic N) is 3. The number of rotatable bonds is 7. The molecule has 4 nitrogen and oxygen atoms in total. The molecule has 0 aliphatic rings. The highest BCUT2D eigenvalue weighted by molar-refractivity contribution is 7.98. The van der Waals surface area contributed by atoms with E-state index in [1.807, 2.05) is 19.1 Å². The first-order valence-electron chi connectivity index (χ1n) is 11.1. The Balaban J connectivity index is 1.53. The molecule has 0 saturated heterocycles. The van der Waals surface area contributed by atoms with Crippen LogP contribution in [0.1, 0.15) is 18.1 Å². The summed E-state index contributed by atoms with van der Waals surface area (Å²) in [6.45, 7) is 4.73. The minimum atomic E-state index is 0.646. The molecule has 33 heavy (non-hydrogen) atoms. The molecular formula is C28H25N3OS. The van der Waals surface area contributed by atoms with Gasteiger partial charge in [0.2, 0.25) is 0 Å². The summed E-state index contributed by atoms with van der Waals surface area (Å²) in [7, 11) is 0. The fraction of sp³-hybridized carbons (Fsp3) is 0.143. The van der Waals surface area contributed by atoms with Gasteiger partial charge in [-0.3, -0.25) is 4.57 Å². The van der Waals surface area contributed by atoms with Crippen LogP contribution in [0.25, 0.3) is 27.8 Å². The van der Waals surface area contributed by atoms with Gasteiger partial charge in [0.15, 0.2) is 11.0 Å². The van der Waals surface area contributed by atoms with Gasteiger partial charge in [0, 0.05) is 17.0 Å². The number of hydrogen-bond acceptors (Lipinski definition) is 4. The fourth-order valence-corrected chi connectivity index (χ4v) is 4.86. The Hall–Kier alpha value is -3.57. The fourth-order valence-electron chi connectivity index (χ4n) is 3.90. The lowest BCUT2D eigenvalue weighted by atomic mass is 10.1. The first kappa shape index (κ1) is 21.3. The van der Waals surface area contributed by atoms with Crippen molar-refractivity contribution in [1.82, 2.24) is 14.8 Å². The number of aromatic nitrogens is 3. The van der Waals surface area contributed by atoms with E-state index in [9.17, 15) is 0 Å². The van der Waals surface area contributed by atoms with Crippen molar-refractivity contribution in [3.05, 3.63) is 102 Å². The number of hydrogen-bond donors (Lipinski definition) is 0. The van der Waals surface area contributed by atoms with Crippen LogP contribution in [0.3, 0.4) is 0 Å². The van der Waals surface area contributed by atoms with Crippen molar-refractivity contribution >= 4 is 22.5 Å². The van der Waals surface area contributed by atoms with Gasteiger partial charge in [-0.05, 0) is 54.4 Å². The molecule has 5 aromatic rings.